The Hall–Kier alpha value is -3.82. The second-order valence-electron chi connectivity index (χ2n) is 6.55. The van der Waals surface area contributed by atoms with Crippen LogP contribution in [0.4, 0.5) is 29.3 Å². The molecule has 10 heteroatoms. The van der Waals surface area contributed by atoms with Gasteiger partial charge in [-0.15, -0.1) is 0 Å². The molecule has 3 rings (SSSR count). The van der Waals surface area contributed by atoms with Gasteiger partial charge in [-0.1, -0.05) is 12.1 Å². The highest BCUT2D eigenvalue weighted by atomic mass is 19.4. The standard InChI is InChI=1S/C21H18F3N3O4/c1-3-16(25-13-6-4-5-12(11-13)21(22,23)24)17-18(28)26-20(30)27(19(17)29)14-7-9-15(31-2)10-8-14/h3-11,17,25H,1-2H3,(H,26,28,30)/b16-3+/t17-/m0/s1. The van der Waals surface area contributed by atoms with E-state index in [1.807, 2.05) is 0 Å². The summed E-state index contributed by atoms with van der Waals surface area (Å²) in [6.07, 6.45) is -3.16. The fraction of sp³-hybridized carbons (Fsp3) is 0.190. The van der Waals surface area contributed by atoms with Crippen LogP contribution in [0, 0.1) is 5.92 Å². The normalized spacial score (nSPS) is 17.5. The van der Waals surface area contributed by atoms with Crippen LogP contribution >= 0.6 is 0 Å². The Morgan fingerprint density at radius 3 is 2.39 bits per heavy atom. The average molecular weight is 433 g/mol. The van der Waals surface area contributed by atoms with E-state index in [1.165, 1.54) is 44.4 Å². The van der Waals surface area contributed by atoms with Gasteiger partial charge in [0.1, 0.15) is 5.75 Å². The van der Waals surface area contributed by atoms with E-state index in [4.69, 9.17) is 4.74 Å². The Bertz CT molecular complexity index is 1050. The lowest BCUT2D eigenvalue weighted by molar-refractivity contribution is -0.137. The number of ether oxygens (including phenoxy) is 1. The zero-order valence-corrected chi connectivity index (χ0v) is 16.5. The Kier molecular flexibility index (Phi) is 6.00. The number of benzene rings is 2. The molecule has 0 radical (unpaired) electrons. The van der Waals surface area contributed by atoms with Crippen LogP contribution < -0.4 is 20.3 Å². The van der Waals surface area contributed by atoms with Gasteiger partial charge in [0.15, 0.2) is 5.92 Å². The molecule has 1 atom stereocenters. The second kappa shape index (κ2) is 8.50. The summed E-state index contributed by atoms with van der Waals surface area (Å²) >= 11 is 0. The summed E-state index contributed by atoms with van der Waals surface area (Å²) in [5.41, 5.74) is -0.609. The molecule has 2 aromatic rings. The third-order valence-corrected chi connectivity index (χ3v) is 4.59. The Morgan fingerprint density at radius 1 is 1.13 bits per heavy atom. The fourth-order valence-corrected chi connectivity index (χ4v) is 3.08. The van der Waals surface area contributed by atoms with E-state index >= 15 is 0 Å². The van der Waals surface area contributed by atoms with Crippen molar-refractivity contribution in [1.29, 1.82) is 0 Å². The number of alkyl halides is 3. The van der Waals surface area contributed by atoms with Crippen molar-refractivity contribution >= 4 is 29.2 Å². The molecule has 0 aliphatic carbocycles. The van der Waals surface area contributed by atoms with Crippen molar-refractivity contribution in [3.63, 3.8) is 0 Å². The number of methoxy groups -OCH3 is 1. The number of nitrogens with one attached hydrogen (secondary N) is 2. The SMILES string of the molecule is C/C=C(/Nc1cccc(C(F)(F)F)c1)[C@H]1C(=O)NC(=O)N(c2ccc(OC)cc2)C1=O. The summed E-state index contributed by atoms with van der Waals surface area (Å²) < 4.78 is 44.0. The molecule has 1 fully saturated rings. The number of carbonyl (C=O) groups excluding carboxylic acids is 3. The van der Waals surface area contributed by atoms with Gasteiger partial charge in [0.2, 0.25) is 5.91 Å². The van der Waals surface area contributed by atoms with Crippen LogP contribution in [0.5, 0.6) is 5.75 Å². The molecule has 1 saturated heterocycles. The lowest BCUT2D eigenvalue weighted by Crippen LogP contribution is -2.59. The number of imide groups is 2. The van der Waals surface area contributed by atoms with Crippen molar-refractivity contribution in [3.05, 3.63) is 65.9 Å². The van der Waals surface area contributed by atoms with Gasteiger partial charge in [-0.05, 0) is 49.4 Å². The van der Waals surface area contributed by atoms with E-state index in [2.05, 4.69) is 10.6 Å². The van der Waals surface area contributed by atoms with Gasteiger partial charge in [-0.25, -0.2) is 9.69 Å². The molecule has 2 aromatic carbocycles. The number of hydrogen-bond donors (Lipinski definition) is 2. The summed E-state index contributed by atoms with van der Waals surface area (Å²) in [6, 6.07) is 9.44. The van der Waals surface area contributed by atoms with E-state index in [9.17, 15) is 27.6 Å². The molecule has 0 spiro atoms. The van der Waals surface area contributed by atoms with Crippen molar-refractivity contribution in [2.45, 2.75) is 13.1 Å². The zero-order valence-electron chi connectivity index (χ0n) is 16.5. The number of rotatable bonds is 5. The zero-order chi connectivity index (χ0) is 22.8. The van der Waals surface area contributed by atoms with Crippen molar-refractivity contribution in [2.24, 2.45) is 5.92 Å². The van der Waals surface area contributed by atoms with E-state index in [-0.39, 0.29) is 17.1 Å². The molecule has 0 bridgehead atoms. The van der Waals surface area contributed by atoms with Gasteiger partial charge in [-0.2, -0.15) is 13.2 Å². The van der Waals surface area contributed by atoms with E-state index in [0.29, 0.717) is 5.75 Å². The van der Waals surface area contributed by atoms with Crippen LogP contribution in [-0.4, -0.2) is 25.0 Å². The monoisotopic (exact) mass is 433 g/mol. The number of nitrogens with zero attached hydrogens (tertiary/aromatic N) is 1. The summed E-state index contributed by atoms with van der Waals surface area (Å²) in [4.78, 5) is 38.6. The maximum Gasteiger partial charge on any atom is 0.416 e. The third kappa shape index (κ3) is 4.52. The molecule has 4 amide bonds. The van der Waals surface area contributed by atoms with E-state index < -0.39 is 35.5 Å². The van der Waals surface area contributed by atoms with Crippen LogP contribution in [0.25, 0.3) is 0 Å². The molecule has 0 saturated carbocycles. The number of urea groups is 1. The molecule has 1 heterocycles. The molecular weight excluding hydrogens is 415 g/mol. The smallest absolute Gasteiger partial charge is 0.416 e. The first-order valence-electron chi connectivity index (χ1n) is 9.09. The minimum atomic E-state index is -4.55. The number of barbiturate groups is 1. The maximum absolute atomic E-state index is 13.1. The first kappa shape index (κ1) is 21.9. The van der Waals surface area contributed by atoms with Gasteiger partial charge in [0.25, 0.3) is 5.91 Å². The Balaban J connectivity index is 1.91. The average Bonchev–Trinajstić information content (AvgIpc) is 2.72. The maximum atomic E-state index is 13.1. The summed E-state index contributed by atoms with van der Waals surface area (Å²) in [6.45, 7) is 1.52. The van der Waals surface area contributed by atoms with E-state index in [0.717, 1.165) is 17.0 Å². The van der Waals surface area contributed by atoms with Crippen LogP contribution in [0.2, 0.25) is 0 Å². The lowest BCUT2D eigenvalue weighted by atomic mass is 9.99. The molecule has 0 unspecified atom stereocenters. The number of carbonyl (C=O) groups is 3. The minimum Gasteiger partial charge on any atom is -0.497 e. The van der Waals surface area contributed by atoms with Crippen LogP contribution in [0.15, 0.2) is 60.3 Å². The fourth-order valence-electron chi connectivity index (χ4n) is 3.08. The largest absolute Gasteiger partial charge is 0.497 e. The topological polar surface area (TPSA) is 87.7 Å². The first-order valence-corrected chi connectivity index (χ1v) is 9.09. The third-order valence-electron chi connectivity index (χ3n) is 4.59. The molecular formula is C21H18F3N3O4. The predicted molar refractivity (Wildman–Crippen MR) is 106 cm³/mol. The Labute approximate surface area is 175 Å². The van der Waals surface area contributed by atoms with Gasteiger partial charge in [0.05, 0.1) is 18.4 Å². The van der Waals surface area contributed by atoms with Crippen molar-refractivity contribution in [2.75, 3.05) is 17.3 Å². The van der Waals surface area contributed by atoms with Gasteiger partial charge >= 0.3 is 12.2 Å². The van der Waals surface area contributed by atoms with Crippen molar-refractivity contribution < 1.29 is 32.3 Å². The van der Waals surface area contributed by atoms with Gasteiger partial charge in [0, 0.05) is 11.4 Å². The quantitative estimate of drug-likeness (QED) is 0.698. The number of halogens is 3. The first-order chi connectivity index (χ1) is 14.7. The molecule has 162 valence electrons. The number of anilines is 2. The molecule has 2 N–H and O–H groups in total. The highest BCUT2D eigenvalue weighted by Gasteiger charge is 2.43. The van der Waals surface area contributed by atoms with Crippen molar-refractivity contribution in [1.82, 2.24) is 5.32 Å². The van der Waals surface area contributed by atoms with Gasteiger partial charge < -0.3 is 10.1 Å². The Morgan fingerprint density at radius 2 is 1.81 bits per heavy atom. The molecule has 1 aliphatic rings. The van der Waals surface area contributed by atoms with Crippen LogP contribution in [0.3, 0.4) is 0 Å². The van der Waals surface area contributed by atoms with Crippen LogP contribution in [0.1, 0.15) is 12.5 Å². The van der Waals surface area contributed by atoms with Crippen molar-refractivity contribution in [3.8, 4) is 5.75 Å². The van der Waals surface area contributed by atoms with Gasteiger partial charge in [-0.3, -0.25) is 14.9 Å². The highest BCUT2D eigenvalue weighted by molar-refractivity contribution is 6.29. The minimum absolute atomic E-state index is 0.0350. The summed E-state index contributed by atoms with van der Waals surface area (Å²) in [7, 11) is 1.46. The molecule has 7 nitrogen and oxygen atoms in total. The molecule has 1 aliphatic heterocycles. The summed E-state index contributed by atoms with van der Waals surface area (Å²) in [5, 5.41) is 4.81. The lowest BCUT2D eigenvalue weighted by Gasteiger charge is -2.31. The number of amides is 4. The molecule has 0 aromatic heterocycles. The number of hydrogen-bond acceptors (Lipinski definition) is 5. The summed E-state index contributed by atoms with van der Waals surface area (Å²) in [5.74, 6) is -2.68. The van der Waals surface area contributed by atoms with E-state index in [1.54, 1.807) is 12.1 Å². The second-order valence-corrected chi connectivity index (χ2v) is 6.55. The predicted octanol–water partition coefficient (Wildman–Crippen LogP) is 3.93. The number of allylic oxidation sites excluding steroid dienone is 1. The van der Waals surface area contributed by atoms with Crippen LogP contribution in [-0.2, 0) is 15.8 Å². The highest BCUT2D eigenvalue weighted by Crippen LogP contribution is 2.32. The molecule has 31 heavy (non-hydrogen) atoms.